The summed E-state index contributed by atoms with van der Waals surface area (Å²) in [5, 5.41) is 15.9. The molecule has 2 atom stereocenters. The van der Waals surface area contributed by atoms with Crippen LogP contribution in [0, 0.1) is 18.7 Å². The molecule has 2 aliphatic rings. The predicted molar refractivity (Wildman–Crippen MR) is 112 cm³/mol. The number of amides is 1. The fraction of sp³-hybridized carbons (Fsp3) is 0.409. The monoisotopic (exact) mass is 425 g/mol. The Morgan fingerprint density at radius 3 is 2.90 bits per heavy atom. The molecule has 0 bridgehead atoms. The van der Waals surface area contributed by atoms with Crippen molar-refractivity contribution in [2.24, 2.45) is 5.92 Å². The average molecular weight is 425 g/mol. The summed E-state index contributed by atoms with van der Waals surface area (Å²) in [4.78, 5) is 24.9. The van der Waals surface area contributed by atoms with E-state index in [0.717, 1.165) is 12.8 Å². The van der Waals surface area contributed by atoms with Gasteiger partial charge in [-0.15, -0.1) is 0 Å². The zero-order chi connectivity index (χ0) is 21.5. The molecule has 4 N–H and O–H groups in total. The minimum Gasteiger partial charge on any atom is -0.492 e. The van der Waals surface area contributed by atoms with Crippen molar-refractivity contribution in [2.75, 3.05) is 19.7 Å². The smallest absolute Gasteiger partial charge is 0.255 e. The molecule has 0 radical (unpaired) electrons. The number of H-pyrrole nitrogens is 1. The molecular weight excluding hydrogens is 401 g/mol. The number of carbonyl (C=O) groups is 1. The number of carbonyl (C=O) groups excluding carboxylic acids is 1. The molecule has 162 valence electrons. The van der Waals surface area contributed by atoms with Gasteiger partial charge in [-0.05, 0) is 37.8 Å². The Morgan fingerprint density at radius 2 is 2.16 bits per heavy atom. The first-order chi connectivity index (χ1) is 15.0. The van der Waals surface area contributed by atoms with Crippen LogP contribution in [-0.4, -0.2) is 57.8 Å². The second-order valence-electron chi connectivity index (χ2n) is 8.27. The summed E-state index contributed by atoms with van der Waals surface area (Å²) < 4.78 is 19.8. The number of halogens is 1. The second kappa shape index (κ2) is 7.90. The van der Waals surface area contributed by atoms with Crippen molar-refractivity contribution in [1.29, 1.82) is 0 Å². The first-order valence-electron chi connectivity index (χ1n) is 10.5. The Balaban J connectivity index is 1.53. The van der Waals surface area contributed by atoms with Crippen LogP contribution in [0.1, 0.15) is 28.9 Å². The highest BCUT2D eigenvalue weighted by Crippen LogP contribution is 2.36. The summed E-state index contributed by atoms with van der Waals surface area (Å²) in [6.07, 6.45) is 3.01. The summed E-state index contributed by atoms with van der Waals surface area (Å²) in [5.41, 5.74) is 3.27. The normalized spacial score (nSPS) is 20.9. The highest BCUT2D eigenvalue weighted by molar-refractivity contribution is 6.09. The molecule has 1 aliphatic carbocycles. The van der Waals surface area contributed by atoms with E-state index in [9.17, 15) is 14.3 Å². The molecule has 1 saturated heterocycles. The van der Waals surface area contributed by atoms with Gasteiger partial charge in [-0.3, -0.25) is 4.79 Å². The van der Waals surface area contributed by atoms with Crippen LogP contribution in [0.25, 0.3) is 22.3 Å². The third-order valence-electron chi connectivity index (χ3n) is 5.87. The van der Waals surface area contributed by atoms with Crippen LogP contribution >= 0.6 is 0 Å². The van der Waals surface area contributed by atoms with Crippen LogP contribution in [0.2, 0.25) is 0 Å². The summed E-state index contributed by atoms with van der Waals surface area (Å²) in [6.45, 7) is 3.28. The number of β-amino-alcohol motifs (C(OH)–C–C–N with tert-alkyl or cyclic N) is 1. The van der Waals surface area contributed by atoms with Gasteiger partial charge in [0.15, 0.2) is 0 Å². The molecular formula is C22H24FN5O3. The van der Waals surface area contributed by atoms with E-state index in [4.69, 9.17) is 4.74 Å². The molecule has 1 aliphatic heterocycles. The molecule has 0 spiro atoms. The molecule has 31 heavy (non-hydrogen) atoms. The Kier molecular flexibility index (Phi) is 5.07. The minimum absolute atomic E-state index is 0.314. The van der Waals surface area contributed by atoms with Gasteiger partial charge in [0.1, 0.15) is 29.1 Å². The van der Waals surface area contributed by atoms with Crippen LogP contribution in [-0.2, 0) is 0 Å². The maximum atomic E-state index is 13.9. The Bertz CT molecular complexity index is 1140. The van der Waals surface area contributed by atoms with E-state index in [-0.39, 0.29) is 17.8 Å². The topological polar surface area (TPSA) is 112 Å². The largest absolute Gasteiger partial charge is 0.492 e. The summed E-state index contributed by atoms with van der Waals surface area (Å²) >= 11 is 0. The Morgan fingerprint density at radius 1 is 1.32 bits per heavy atom. The number of aryl methyl sites for hydroxylation is 1. The summed E-state index contributed by atoms with van der Waals surface area (Å²) in [7, 11) is 0. The lowest BCUT2D eigenvalue weighted by Gasteiger charge is -2.15. The van der Waals surface area contributed by atoms with Gasteiger partial charge < -0.3 is 25.5 Å². The van der Waals surface area contributed by atoms with Gasteiger partial charge in [-0.2, -0.15) is 0 Å². The molecule has 0 unspecified atom stereocenters. The van der Waals surface area contributed by atoms with Crippen molar-refractivity contribution in [3.63, 3.8) is 0 Å². The number of nitrogens with zero attached hydrogens (tertiary/aromatic N) is 2. The van der Waals surface area contributed by atoms with Crippen LogP contribution in [0.15, 0.2) is 24.5 Å². The van der Waals surface area contributed by atoms with Gasteiger partial charge in [-0.1, -0.05) is 0 Å². The fourth-order valence-corrected chi connectivity index (χ4v) is 3.96. The van der Waals surface area contributed by atoms with Crippen molar-refractivity contribution >= 4 is 16.9 Å². The van der Waals surface area contributed by atoms with E-state index in [0.29, 0.717) is 64.9 Å². The van der Waals surface area contributed by atoms with Crippen molar-refractivity contribution in [3.05, 3.63) is 41.6 Å². The molecule has 1 amide bonds. The van der Waals surface area contributed by atoms with Crippen molar-refractivity contribution < 1.29 is 19.0 Å². The van der Waals surface area contributed by atoms with Gasteiger partial charge >= 0.3 is 0 Å². The molecule has 1 aromatic carbocycles. The predicted octanol–water partition coefficient (Wildman–Crippen LogP) is 1.92. The molecule has 9 heteroatoms. The minimum atomic E-state index is -0.634. The average Bonchev–Trinajstić information content (AvgIpc) is 3.40. The molecule has 2 fully saturated rings. The molecule has 3 aromatic rings. The standard InChI is InChI=1S/C22H24FN5O3/c1-11-18(22(30)28-15-7-24-8-16(15)29)20-21(27-11)19(25-10-26-20)14-5-4-13(23)6-17(14)31-9-12-2-3-12/h4-6,10,12,15-16,24,27,29H,2-3,7-9H2,1H3,(H,28,30)/t15-,16-/m1/s1. The number of aliphatic hydroxyl groups excluding tert-OH is 1. The number of aromatic amines is 1. The van der Waals surface area contributed by atoms with Crippen LogP contribution in [0.5, 0.6) is 5.75 Å². The number of benzene rings is 1. The van der Waals surface area contributed by atoms with Gasteiger partial charge in [-0.25, -0.2) is 14.4 Å². The first-order valence-corrected chi connectivity index (χ1v) is 10.5. The lowest BCUT2D eigenvalue weighted by molar-refractivity contribution is 0.0889. The van der Waals surface area contributed by atoms with Gasteiger partial charge in [0.05, 0.1) is 29.8 Å². The summed E-state index contributed by atoms with van der Waals surface area (Å²) in [6, 6.07) is 4.00. The van der Waals surface area contributed by atoms with Crippen LogP contribution in [0.4, 0.5) is 4.39 Å². The number of fused-ring (bicyclic) bond motifs is 1. The molecule has 2 aromatic heterocycles. The molecule has 3 heterocycles. The van der Waals surface area contributed by atoms with Crippen LogP contribution < -0.4 is 15.4 Å². The van der Waals surface area contributed by atoms with E-state index in [1.807, 2.05) is 0 Å². The number of ether oxygens (including phenoxy) is 1. The van der Waals surface area contributed by atoms with Crippen molar-refractivity contribution in [1.82, 2.24) is 25.6 Å². The van der Waals surface area contributed by atoms with Crippen molar-refractivity contribution in [3.8, 4) is 17.0 Å². The second-order valence-corrected chi connectivity index (χ2v) is 8.27. The maximum Gasteiger partial charge on any atom is 0.255 e. The lowest BCUT2D eigenvalue weighted by atomic mass is 10.1. The van der Waals surface area contributed by atoms with Crippen LogP contribution in [0.3, 0.4) is 0 Å². The van der Waals surface area contributed by atoms with Crippen molar-refractivity contribution in [2.45, 2.75) is 31.9 Å². The van der Waals surface area contributed by atoms with Gasteiger partial charge in [0.2, 0.25) is 0 Å². The Hall–Kier alpha value is -3.04. The zero-order valence-corrected chi connectivity index (χ0v) is 17.1. The third kappa shape index (κ3) is 3.86. The zero-order valence-electron chi connectivity index (χ0n) is 17.1. The lowest BCUT2D eigenvalue weighted by Crippen LogP contribution is -2.42. The molecule has 5 rings (SSSR count). The first kappa shape index (κ1) is 19.9. The van der Waals surface area contributed by atoms with Gasteiger partial charge in [0, 0.05) is 30.4 Å². The number of aliphatic hydroxyl groups is 1. The van der Waals surface area contributed by atoms with E-state index in [1.54, 1.807) is 13.0 Å². The number of hydrogen-bond donors (Lipinski definition) is 4. The summed E-state index contributed by atoms with van der Waals surface area (Å²) in [5.74, 6) is 0.243. The number of nitrogens with one attached hydrogen (secondary N) is 3. The number of aromatic nitrogens is 3. The Labute approximate surface area is 178 Å². The number of hydrogen-bond acceptors (Lipinski definition) is 6. The maximum absolute atomic E-state index is 13.9. The highest BCUT2D eigenvalue weighted by Gasteiger charge is 2.29. The van der Waals surface area contributed by atoms with E-state index in [1.165, 1.54) is 18.5 Å². The van der Waals surface area contributed by atoms with E-state index >= 15 is 0 Å². The highest BCUT2D eigenvalue weighted by atomic mass is 19.1. The molecule has 8 nitrogen and oxygen atoms in total. The fourth-order valence-electron chi connectivity index (χ4n) is 3.96. The van der Waals surface area contributed by atoms with Gasteiger partial charge in [0.25, 0.3) is 5.91 Å². The SMILES string of the molecule is Cc1[nH]c2c(-c3ccc(F)cc3OCC3CC3)ncnc2c1C(=O)N[C@@H]1CNC[C@H]1O. The van der Waals surface area contributed by atoms with E-state index < -0.39 is 6.10 Å². The quantitative estimate of drug-likeness (QED) is 0.480. The molecule has 1 saturated carbocycles. The third-order valence-corrected chi connectivity index (χ3v) is 5.87. The number of rotatable bonds is 6. The van der Waals surface area contributed by atoms with E-state index in [2.05, 4.69) is 25.6 Å².